The molecule has 0 aromatic carbocycles. The molecule has 1 amide bonds. The highest BCUT2D eigenvalue weighted by Crippen LogP contribution is 2.12. The Morgan fingerprint density at radius 3 is 2.91 bits per heavy atom. The molecule has 1 saturated heterocycles. The van der Waals surface area contributed by atoms with E-state index in [1.54, 1.807) is 0 Å². The second kappa shape index (κ2) is 3.09. The predicted octanol–water partition coefficient (Wildman–Crippen LogP) is 0.0944. The largest absolute Gasteiger partial charge is 0.453 e. The van der Waals surface area contributed by atoms with Gasteiger partial charge in [0.2, 0.25) is 0 Å². The Kier molecular flexibility index (Phi) is 2.34. The SMILES string of the molecule is COC(=O)N[C@@]1(C)CCNC1. The van der Waals surface area contributed by atoms with Crippen molar-refractivity contribution in [3.05, 3.63) is 0 Å². The van der Waals surface area contributed by atoms with Gasteiger partial charge < -0.3 is 15.4 Å². The third-order valence-corrected chi connectivity index (χ3v) is 1.96. The van der Waals surface area contributed by atoms with Crippen LogP contribution in [0.3, 0.4) is 0 Å². The van der Waals surface area contributed by atoms with Crippen LogP contribution in [0.25, 0.3) is 0 Å². The van der Waals surface area contributed by atoms with Crippen LogP contribution in [0.5, 0.6) is 0 Å². The molecule has 1 aliphatic heterocycles. The molecule has 64 valence electrons. The number of ether oxygens (including phenoxy) is 1. The van der Waals surface area contributed by atoms with Crippen molar-refractivity contribution in [1.29, 1.82) is 0 Å². The van der Waals surface area contributed by atoms with E-state index in [9.17, 15) is 4.79 Å². The molecular weight excluding hydrogens is 144 g/mol. The van der Waals surface area contributed by atoms with E-state index in [2.05, 4.69) is 15.4 Å². The van der Waals surface area contributed by atoms with E-state index in [1.165, 1.54) is 7.11 Å². The number of nitrogens with one attached hydrogen (secondary N) is 2. The van der Waals surface area contributed by atoms with Gasteiger partial charge in [-0.2, -0.15) is 0 Å². The minimum atomic E-state index is -0.351. The summed E-state index contributed by atoms with van der Waals surface area (Å²) in [4.78, 5) is 10.8. The van der Waals surface area contributed by atoms with Crippen LogP contribution < -0.4 is 10.6 Å². The van der Waals surface area contributed by atoms with Gasteiger partial charge in [0.1, 0.15) is 0 Å². The second-order valence-corrected chi connectivity index (χ2v) is 3.10. The van der Waals surface area contributed by atoms with Gasteiger partial charge in [-0.15, -0.1) is 0 Å². The Hall–Kier alpha value is -0.770. The van der Waals surface area contributed by atoms with Crippen molar-refractivity contribution in [1.82, 2.24) is 10.6 Å². The summed E-state index contributed by atoms with van der Waals surface area (Å²) in [5.74, 6) is 0. The molecule has 0 aromatic heterocycles. The summed E-state index contributed by atoms with van der Waals surface area (Å²) in [6, 6.07) is 0. The van der Waals surface area contributed by atoms with Gasteiger partial charge in [-0.3, -0.25) is 0 Å². The average Bonchev–Trinajstić information content (AvgIpc) is 2.36. The fourth-order valence-electron chi connectivity index (χ4n) is 1.22. The van der Waals surface area contributed by atoms with Crippen molar-refractivity contribution in [2.75, 3.05) is 20.2 Å². The zero-order chi connectivity index (χ0) is 8.32. The third-order valence-electron chi connectivity index (χ3n) is 1.96. The molecule has 11 heavy (non-hydrogen) atoms. The zero-order valence-electron chi connectivity index (χ0n) is 6.94. The summed E-state index contributed by atoms with van der Waals surface area (Å²) >= 11 is 0. The van der Waals surface area contributed by atoms with Crippen LogP contribution in [0.4, 0.5) is 4.79 Å². The first-order valence-electron chi connectivity index (χ1n) is 3.73. The molecule has 2 N–H and O–H groups in total. The molecule has 4 nitrogen and oxygen atoms in total. The summed E-state index contributed by atoms with van der Waals surface area (Å²) in [6.45, 7) is 3.78. The highest BCUT2D eigenvalue weighted by atomic mass is 16.5. The van der Waals surface area contributed by atoms with Crippen LogP contribution in [-0.2, 0) is 4.74 Å². The van der Waals surface area contributed by atoms with Crippen molar-refractivity contribution in [2.24, 2.45) is 0 Å². The molecule has 0 aliphatic carbocycles. The molecule has 0 saturated carbocycles. The first-order chi connectivity index (χ1) is 5.16. The van der Waals surface area contributed by atoms with Gasteiger partial charge >= 0.3 is 6.09 Å². The van der Waals surface area contributed by atoms with E-state index in [-0.39, 0.29) is 11.6 Å². The van der Waals surface area contributed by atoms with Crippen molar-refractivity contribution in [3.8, 4) is 0 Å². The Morgan fingerprint density at radius 1 is 1.73 bits per heavy atom. The number of alkyl carbamates (subject to hydrolysis) is 1. The van der Waals surface area contributed by atoms with E-state index >= 15 is 0 Å². The van der Waals surface area contributed by atoms with Gasteiger partial charge in [-0.05, 0) is 19.9 Å². The molecule has 0 unspecified atom stereocenters. The molecular formula is C7H14N2O2. The second-order valence-electron chi connectivity index (χ2n) is 3.10. The first kappa shape index (κ1) is 8.33. The lowest BCUT2D eigenvalue weighted by Crippen LogP contribution is -2.47. The monoisotopic (exact) mass is 158 g/mol. The Bertz CT molecular complexity index is 153. The van der Waals surface area contributed by atoms with E-state index in [4.69, 9.17) is 0 Å². The minimum Gasteiger partial charge on any atom is -0.453 e. The third kappa shape index (κ3) is 2.08. The number of carbonyl (C=O) groups is 1. The van der Waals surface area contributed by atoms with Gasteiger partial charge in [0.05, 0.1) is 12.6 Å². The number of carbonyl (C=O) groups excluding carboxylic acids is 1. The van der Waals surface area contributed by atoms with Gasteiger partial charge in [-0.25, -0.2) is 4.79 Å². The van der Waals surface area contributed by atoms with E-state index in [0.29, 0.717) is 0 Å². The quantitative estimate of drug-likeness (QED) is 0.569. The topological polar surface area (TPSA) is 50.4 Å². The lowest BCUT2D eigenvalue weighted by Gasteiger charge is -2.22. The van der Waals surface area contributed by atoms with Crippen LogP contribution in [0, 0.1) is 0 Å². The summed E-state index contributed by atoms with van der Waals surface area (Å²) in [5.41, 5.74) is -0.118. The minimum absolute atomic E-state index is 0.118. The molecule has 1 aliphatic rings. The first-order valence-corrected chi connectivity index (χ1v) is 3.73. The molecule has 0 aromatic rings. The predicted molar refractivity (Wildman–Crippen MR) is 41.4 cm³/mol. The Labute approximate surface area is 66.3 Å². The summed E-state index contributed by atoms with van der Waals surface area (Å²) in [5, 5.41) is 5.95. The summed E-state index contributed by atoms with van der Waals surface area (Å²) in [7, 11) is 1.38. The van der Waals surface area contributed by atoms with Crippen LogP contribution >= 0.6 is 0 Å². The van der Waals surface area contributed by atoms with E-state index in [0.717, 1.165) is 19.5 Å². The van der Waals surface area contributed by atoms with E-state index in [1.807, 2.05) is 6.92 Å². The smallest absolute Gasteiger partial charge is 0.407 e. The molecule has 0 spiro atoms. The summed E-state index contributed by atoms with van der Waals surface area (Å²) in [6.07, 6.45) is 0.610. The maximum atomic E-state index is 10.8. The lowest BCUT2D eigenvalue weighted by atomic mass is 10.0. The van der Waals surface area contributed by atoms with Gasteiger partial charge in [0, 0.05) is 6.54 Å². The molecule has 0 radical (unpaired) electrons. The van der Waals surface area contributed by atoms with Crippen LogP contribution in [-0.4, -0.2) is 31.8 Å². The normalized spacial score (nSPS) is 30.0. The zero-order valence-corrected chi connectivity index (χ0v) is 6.94. The van der Waals surface area contributed by atoms with Gasteiger partial charge in [0.15, 0.2) is 0 Å². The molecule has 1 atom stereocenters. The van der Waals surface area contributed by atoms with Crippen molar-refractivity contribution >= 4 is 6.09 Å². The highest BCUT2D eigenvalue weighted by Gasteiger charge is 2.30. The maximum absolute atomic E-state index is 10.8. The number of amides is 1. The van der Waals surface area contributed by atoms with Crippen LogP contribution in [0.1, 0.15) is 13.3 Å². The Balaban J connectivity index is 2.39. The molecule has 1 fully saturated rings. The summed E-state index contributed by atoms with van der Waals surface area (Å²) < 4.78 is 4.50. The van der Waals surface area contributed by atoms with Gasteiger partial charge in [-0.1, -0.05) is 0 Å². The van der Waals surface area contributed by atoms with Crippen molar-refractivity contribution in [3.63, 3.8) is 0 Å². The van der Waals surface area contributed by atoms with Gasteiger partial charge in [0.25, 0.3) is 0 Å². The lowest BCUT2D eigenvalue weighted by molar-refractivity contribution is 0.159. The van der Waals surface area contributed by atoms with Crippen LogP contribution in [0.15, 0.2) is 0 Å². The molecule has 4 heteroatoms. The van der Waals surface area contributed by atoms with Crippen LogP contribution in [0.2, 0.25) is 0 Å². The number of rotatable bonds is 1. The fraction of sp³-hybridized carbons (Fsp3) is 0.857. The molecule has 1 rings (SSSR count). The Morgan fingerprint density at radius 2 is 2.45 bits per heavy atom. The number of hydrogen-bond acceptors (Lipinski definition) is 3. The van der Waals surface area contributed by atoms with E-state index < -0.39 is 0 Å². The number of hydrogen-bond donors (Lipinski definition) is 2. The highest BCUT2D eigenvalue weighted by molar-refractivity contribution is 5.68. The molecule has 1 heterocycles. The van der Waals surface area contributed by atoms with Crippen molar-refractivity contribution in [2.45, 2.75) is 18.9 Å². The standard InChI is InChI=1S/C7H14N2O2/c1-7(3-4-8-5-7)9-6(10)11-2/h8H,3-5H2,1-2H3,(H,9,10)/t7-/m0/s1. The fourth-order valence-corrected chi connectivity index (χ4v) is 1.22. The number of methoxy groups -OCH3 is 1. The van der Waals surface area contributed by atoms with Crippen molar-refractivity contribution < 1.29 is 9.53 Å². The maximum Gasteiger partial charge on any atom is 0.407 e. The molecule has 0 bridgehead atoms. The average molecular weight is 158 g/mol.